The van der Waals surface area contributed by atoms with Gasteiger partial charge in [-0.1, -0.05) is 22.0 Å². The number of benzene rings is 2. The molecule has 0 bridgehead atoms. The first kappa shape index (κ1) is 19.2. The molecule has 9 heteroatoms. The third kappa shape index (κ3) is 4.80. The Kier molecular flexibility index (Phi) is 6.25. The fraction of sp³-hybridized carbons (Fsp3) is 0.235. The number of anilines is 2. The van der Waals surface area contributed by atoms with Crippen molar-refractivity contribution in [3.8, 4) is 0 Å². The van der Waals surface area contributed by atoms with Gasteiger partial charge >= 0.3 is 0 Å². The van der Waals surface area contributed by atoms with Crippen molar-refractivity contribution in [2.75, 3.05) is 36.9 Å². The Balaban J connectivity index is 1.64. The maximum Gasteiger partial charge on any atom is 0.243 e. The molecule has 1 aliphatic rings. The van der Waals surface area contributed by atoms with Gasteiger partial charge < -0.3 is 15.4 Å². The Labute approximate surface area is 166 Å². The highest BCUT2D eigenvalue weighted by atomic mass is 79.9. The molecule has 2 aromatic rings. The lowest BCUT2D eigenvalue weighted by molar-refractivity contribution is 0.0730. The van der Waals surface area contributed by atoms with E-state index in [1.54, 1.807) is 24.3 Å². The van der Waals surface area contributed by atoms with Gasteiger partial charge in [0.2, 0.25) is 10.0 Å². The lowest BCUT2D eigenvalue weighted by Crippen LogP contribution is -2.40. The van der Waals surface area contributed by atoms with Crippen LogP contribution in [-0.4, -0.2) is 44.1 Å². The number of thiocarbonyl (C=S) groups is 1. The van der Waals surface area contributed by atoms with Crippen LogP contribution in [0, 0.1) is 0 Å². The van der Waals surface area contributed by atoms with Gasteiger partial charge in [-0.15, -0.1) is 0 Å². The van der Waals surface area contributed by atoms with Crippen molar-refractivity contribution >= 4 is 54.7 Å². The summed E-state index contributed by atoms with van der Waals surface area (Å²) in [7, 11) is -3.49. The predicted molar refractivity (Wildman–Crippen MR) is 110 cm³/mol. The highest BCUT2D eigenvalue weighted by molar-refractivity contribution is 9.10. The summed E-state index contributed by atoms with van der Waals surface area (Å²) in [5.41, 5.74) is 1.56. The van der Waals surface area contributed by atoms with E-state index in [1.165, 1.54) is 4.31 Å². The van der Waals surface area contributed by atoms with Crippen LogP contribution in [0.1, 0.15) is 0 Å². The van der Waals surface area contributed by atoms with Crippen molar-refractivity contribution in [3.05, 3.63) is 53.0 Å². The summed E-state index contributed by atoms with van der Waals surface area (Å²) in [6.07, 6.45) is 0. The first-order chi connectivity index (χ1) is 12.4. The number of morpholine rings is 1. The number of ether oxygens (including phenoxy) is 1. The van der Waals surface area contributed by atoms with Crippen molar-refractivity contribution in [3.63, 3.8) is 0 Å². The van der Waals surface area contributed by atoms with E-state index < -0.39 is 10.0 Å². The average molecular weight is 456 g/mol. The molecule has 0 unspecified atom stereocenters. The zero-order chi connectivity index (χ0) is 18.6. The maximum absolute atomic E-state index is 12.6. The number of nitrogens with one attached hydrogen (secondary N) is 2. The third-order valence-electron chi connectivity index (χ3n) is 3.80. The molecule has 2 aromatic carbocycles. The Hall–Kier alpha value is -1.52. The zero-order valence-corrected chi connectivity index (χ0v) is 17.0. The normalized spacial score (nSPS) is 15.4. The second kappa shape index (κ2) is 8.45. The van der Waals surface area contributed by atoms with Crippen molar-refractivity contribution in [1.82, 2.24) is 4.31 Å². The largest absolute Gasteiger partial charge is 0.379 e. The highest BCUT2D eigenvalue weighted by Crippen LogP contribution is 2.20. The smallest absolute Gasteiger partial charge is 0.243 e. The Morgan fingerprint density at radius 2 is 1.69 bits per heavy atom. The standard InChI is InChI=1S/C17H18BrN3O3S2/c18-13-2-1-3-15(12-13)20-17(25)19-14-4-6-16(7-5-14)26(22,23)21-8-10-24-11-9-21/h1-7,12H,8-11H2,(H2,19,20,25). The molecule has 0 saturated carbocycles. The molecule has 2 N–H and O–H groups in total. The number of halogens is 1. The second-order valence-electron chi connectivity index (χ2n) is 5.63. The maximum atomic E-state index is 12.6. The van der Waals surface area contributed by atoms with Gasteiger partial charge in [-0.25, -0.2) is 8.42 Å². The molecule has 6 nitrogen and oxygen atoms in total. The number of hydrogen-bond donors (Lipinski definition) is 2. The van der Waals surface area contributed by atoms with Gasteiger partial charge in [-0.3, -0.25) is 0 Å². The van der Waals surface area contributed by atoms with Gasteiger partial charge in [-0.05, 0) is 54.7 Å². The molecular formula is C17H18BrN3O3S2. The minimum absolute atomic E-state index is 0.260. The molecule has 0 radical (unpaired) electrons. The Morgan fingerprint density at radius 1 is 1.04 bits per heavy atom. The molecule has 0 aliphatic carbocycles. The van der Waals surface area contributed by atoms with Crippen LogP contribution in [0.2, 0.25) is 0 Å². The van der Waals surface area contributed by atoms with E-state index in [9.17, 15) is 8.42 Å². The quantitative estimate of drug-likeness (QED) is 0.689. The lowest BCUT2D eigenvalue weighted by Gasteiger charge is -2.26. The van der Waals surface area contributed by atoms with Gasteiger partial charge in [0.05, 0.1) is 18.1 Å². The summed E-state index contributed by atoms with van der Waals surface area (Å²) in [5.74, 6) is 0. The summed E-state index contributed by atoms with van der Waals surface area (Å²) in [6, 6.07) is 14.2. The van der Waals surface area contributed by atoms with Crippen LogP contribution in [0.4, 0.5) is 11.4 Å². The molecule has 1 saturated heterocycles. The van der Waals surface area contributed by atoms with Crippen LogP contribution >= 0.6 is 28.1 Å². The van der Waals surface area contributed by atoms with E-state index in [1.807, 2.05) is 24.3 Å². The summed E-state index contributed by atoms with van der Waals surface area (Å²) in [5, 5.41) is 6.55. The SMILES string of the molecule is O=S(=O)(c1ccc(NC(=S)Nc2cccc(Br)c2)cc1)N1CCOCC1. The van der Waals surface area contributed by atoms with Crippen LogP contribution in [0.15, 0.2) is 57.9 Å². The van der Waals surface area contributed by atoms with Crippen molar-refractivity contribution in [2.24, 2.45) is 0 Å². The number of sulfonamides is 1. The lowest BCUT2D eigenvalue weighted by atomic mass is 10.3. The van der Waals surface area contributed by atoms with Gasteiger partial charge in [0.1, 0.15) is 0 Å². The third-order valence-corrected chi connectivity index (χ3v) is 6.41. The molecule has 0 aromatic heterocycles. The van der Waals surface area contributed by atoms with Crippen LogP contribution in [0.25, 0.3) is 0 Å². The van der Waals surface area contributed by atoms with E-state index >= 15 is 0 Å². The summed E-state index contributed by atoms with van der Waals surface area (Å²) >= 11 is 8.70. The monoisotopic (exact) mass is 455 g/mol. The van der Waals surface area contributed by atoms with E-state index in [0.717, 1.165) is 10.2 Å². The number of rotatable bonds is 4. The minimum atomic E-state index is -3.49. The molecule has 0 atom stereocenters. The molecule has 138 valence electrons. The highest BCUT2D eigenvalue weighted by Gasteiger charge is 2.26. The van der Waals surface area contributed by atoms with E-state index in [4.69, 9.17) is 17.0 Å². The van der Waals surface area contributed by atoms with E-state index in [2.05, 4.69) is 26.6 Å². The molecular weight excluding hydrogens is 438 g/mol. The molecule has 26 heavy (non-hydrogen) atoms. The zero-order valence-electron chi connectivity index (χ0n) is 13.8. The van der Waals surface area contributed by atoms with Crippen LogP contribution in [0.5, 0.6) is 0 Å². The summed E-state index contributed by atoms with van der Waals surface area (Å²) < 4.78 is 32.8. The van der Waals surface area contributed by atoms with E-state index in [0.29, 0.717) is 37.1 Å². The topological polar surface area (TPSA) is 70.7 Å². The average Bonchev–Trinajstić information content (AvgIpc) is 2.63. The second-order valence-corrected chi connectivity index (χ2v) is 8.89. The number of hydrogen-bond acceptors (Lipinski definition) is 4. The fourth-order valence-electron chi connectivity index (χ4n) is 2.51. The number of nitrogens with zero attached hydrogens (tertiary/aromatic N) is 1. The molecule has 1 aliphatic heterocycles. The molecule has 1 fully saturated rings. The Bertz CT molecular complexity index is 882. The van der Waals surface area contributed by atoms with Gasteiger partial charge in [0.25, 0.3) is 0 Å². The van der Waals surface area contributed by atoms with Crippen molar-refractivity contribution in [1.29, 1.82) is 0 Å². The van der Waals surface area contributed by atoms with Gasteiger partial charge in [0.15, 0.2) is 5.11 Å². The summed E-state index contributed by atoms with van der Waals surface area (Å²) in [6.45, 7) is 1.61. The molecule has 3 rings (SSSR count). The predicted octanol–water partition coefficient (Wildman–Crippen LogP) is 3.28. The fourth-order valence-corrected chi connectivity index (χ4v) is 4.55. The molecule has 0 spiro atoms. The van der Waals surface area contributed by atoms with Crippen LogP contribution < -0.4 is 10.6 Å². The Morgan fingerprint density at radius 3 is 2.35 bits per heavy atom. The van der Waals surface area contributed by atoms with Crippen LogP contribution in [-0.2, 0) is 14.8 Å². The van der Waals surface area contributed by atoms with E-state index in [-0.39, 0.29) is 4.90 Å². The van der Waals surface area contributed by atoms with Crippen molar-refractivity contribution in [2.45, 2.75) is 4.90 Å². The van der Waals surface area contributed by atoms with Crippen LogP contribution in [0.3, 0.4) is 0 Å². The first-order valence-corrected chi connectivity index (χ1v) is 10.6. The first-order valence-electron chi connectivity index (χ1n) is 7.97. The van der Waals surface area contributed by atoms with Gasteiger partial charge in [0, 0.05) is 28.9 Å². The van der Waals surface area contributed by atoms with Gasteiger partial charge in [-0.2, -0.15) is 4.31 Å². The molecule has 0 amide bonds. The molecule has 1 heterocycles. The summed E-state index contributed by atoms with van der Waals surface area (Å²) in [4.78, 5) is 0.260. The van der Waals surface area contributed by atoms with Crippen molar-refractivity contribution < 1.29 is 13.2 Å². The minimum Gasteiger partial charge on any atom is -0.379 e.